The summed E-state index contributed by atoms with van der Waals surface area (Å²) in [5.74, 6) is 0.394. The summed E-state index contributed by atoms with van der Waals surface area (Å²) in [6.07, 6.45) is 10.0. The van der Waals surface area contributed by atoms with Crippen molar-refractivity contribution in [1.82, 2.24) is 0 Å². The maximum atomic E-state index is 9.99. The molecule has 2 nitrogen and oxygen atoms in total. The zero-order chi connectivity index (χ0) is 11.8. The van der Waals surface area contributed by atoms with Gasteiger partial charge in [-0.25, -0.2) is 0 Å². The molecule has 1 heterocycles. The molecule has 96 valence electrons. The second kappa shape index (κ2) is 8.08. The highest BCUT2D eigenvalue weighted by atomic mass is 16.5. The Labute approximate surface area is 100 Å². The summed E-state index contributed by atoms with van der Waals surface area (Å²) in [5.41, 5.74) is 0. The van der Waals surface area contributed by atoms with Gasteiger partial charge in [-0.2, -0.15) is 0 Å². The highest BCUT2D eigenvalue weighted by molar-refractivity contribution is 4.76. The molecule has 0 spiro atoms. The summed E-state index contributed by atoms with van der Waals surface area (Å²) in [7, 11) is 0. The van der Waals surface area contributed by atoms with E-state index in [9.17, 15) is 5.11 Å². The molecule has 1 N–H and O–H groups in total. The zero-order valence-corrected chi connectivity index (χ0v) is 11.0. The Morgan fingerprint density at radius 2 is 1.88 bits per heavy atom. The van der Waals surface area contributed by atoms with E-state index in [1.165, 1.54) is 38.5 Å². The summed E-state index contributed by atoms with van der Waals surface area (Å²) in [5, 5.41) is 9.99. The second-order valence-electron chi connectivity index (χ2n) is 5.26. The normalized spacial score (nSPS) is 27.2. The molecule has 16 heavy (non-hydrogen) atoms. The molecular weight excluding hydrogens is 200 g/mol. The molecule has 0 bridgehead atoms. The molecule has 0 saturated carbocycles. The Kier molecular flexibility index (Phi) is 7.06. The van der Waals surface area contributed by atoms with Crippen molar-refractivity contribution in [2.24, 2.45) is 5.92 Å². The van der Waals surface area contributed by atoms with Gasteiger partial charge in [0.1, 0.15) is 0 Å². The lowest BCUT2D eigenvalue weighted by molar-refractivity contribution is 0.0739. The molecule has 3 atom stereocenters. The predicted octanol–water partition coefficient (Wildman–Crippen LogP) is 3.52. The van der Waals surface area contributed by atoms with Crippen LogP contribution in [0, 0.1) is 5.92 Å². The van der Waals surface area contributed by atoms with Crippen LogP contribution >= 0.6 is 0 Å². The number of unbranched alkanes of at least 4 members (excludes halogenated alkanes) is 5. The van der Waals surface area contributed by atoms with Crippen LogP contribution in [0.4, 0.5) is 0 Å². The lowest BCUT2D eigenvalue weighted by Crippen LogP contribution is -2.20. The zero-order valence-electron chi connectivity index (χ0n) is 11.0. The van der Waals surface area contributed by atoms with Gasteiger partial charge in [-0.15, -0.1) is 0 Å². The lowest BCUT2D eigenvalue weighted by atomic mass is 9.95. The van der Waals surface area contributed by atoms with Crippen LogP contribution in [0.25, 0.3) is 0 Å². The van der Waals surface area contributed by atoms with Crippen LogP contribution in [0.3, 0.4) is 0 Å². The van der Waals surface area contributed by atoms with Crippen molar-refractivity contribution in [3.8, 4) is 0 Å². The smallest absolute Gasteiger partial charge is 0.0591 e. The van der Waals surface area contributed by atoms with E-state index in [0.29, 0.717) is 12.0 Å². The molecule has 1 aliphatic heterocycles. The molecular formula is C14H28O2. The number of hydrogen-bond acceptors (Lipinski definition) is 2. The van der Waals surface area contributed by atoms with Crippen LogP contribution in [-0.2, 0) is 4.74 Å². The maximum Gasteiger partial charge on any atom is 0.0591 e. The first-order valence-electron chi connectivity index (χ1n) is 7.03. The van der Waals surface area contributed by atoms with E-state index in [2.05, 4.69) is 13.8 Å². The fraction of sp³-hybridized carbons (Fsp3) is 1.00. The van der Waals surface area contributed by atoms with Gasteiger partial charge in [0.15, 0.2) is 0 Å². The fourth-order valence-electron chi connectivity index (χ4n) is 2.49. The van der Waals surface area contributed by atoms with Crippen LogP contribution < -0.4 is 0 Å². The summed E-state index contributed by atoms with van der Waals surface area (Å²) < 4.78 is 5.49. The quantitative estimate of drug-likeness (QED) is 0.644. The molecule has 0 aromatic carbocycles. The Hall–Kier alpha value is -0.0800. The maximum absolute atomic E-state index is 9.99. The van der Waals surface area contributed by atoms with Gasteiger partial charge < -0.3 is 9.84 Å². The highest BCUT2D eigenvalue weighted by Crippen LogP contribution is 2.25. The molecule has 0 aliphatic carbocycles. The van der Waals surface area contributed by atoms with Crippen molar-refractivity contribution in [2.45, 2.75) is 77.4 Å². The van der Waals surface area contributed by atoms with Gasteiger partial charge >= 0.3 is 0 Å². The van der Waals surface area contributed by atoms with Gasteiger partial charge in [0.25, 0.3) is 0 Å². The first-order chi connectivity index (χ1) is 7.74. The molecule has 0 aromatic heterocycles. The van der Waals surface area contributed by atoms with Gasteiger partial charge in [0.05, 0.1) is 18.8 Å². The highest BCUT2D eigenvalue weighted by Gasteiger charge is 2.27. The van der Waals surface area contributed by atoms with Crippen LogP contribution in [0.2, 0.25) is 0 Å². The second-order valence-corrected chi connectivity index (χ2v) is 5.26. The fourth-order valence-corrected chi connectivity index (χ4v) is 2.49. The van der Waals surface area contributed by atoms with E-state index in [0.717, 1.165) is 19.4 Å². The van der Waals surface area contributed by atoms with Crippen molar-refractivity contribution in [1.29, 1.82) is 0 Å². The average molecular weight is 228 g/mol. The number of ether oxygens (including phenoxy) is 1. The number of hydrogen-bond donors (Lipinski definition) is 1. The Morgan fingerprint density at radius 3 is 2.50 bits per heavy atom. The molecule has 0 aromatic rings. The predicted molar refractivity (Wildman–Crippen MR) is 67.5 cm³/mol. The van der Waals surface area contributed by atoms with Crippen LogP contribution in [0.1, 0.15) is 65.2 Å². The standard InChI is InChI=1S/C14H28O2/c1-3-4-5-6-7-8-9-14(15)13-10-12(2)16-11-13/h12-15H,3-11H2,1-2H3. The number of rotatable bonds is 8. The summed E-state index contributed by atoms with van der Waals surface area (Å²) >= 11 is 0. The van der Waals surface area contributed by atoms with Crippen molar-refractivity contribution in [3.05, 3.63) is 0 Å². The molecule has 0 amide bonds. The van der Waals surface area contributed by atoms with E-state index in [4.69, 9.17) is 4.74 Å². The van der Waals surface area contributed by atoms with E-state index in [1.54, 1.807) is 0 Å². The van der Waals surface area contributed by atoms with Crippen LogP contribution in [0.15, 0.2) is 0 Å². The molecule has 1 saturated heterocycles. The molecule has 1 rings (SSSR count). The summed E-state index contributed by atoms with van der Waals surface area (Å²) in [4.78, 5) is 0. The lowest BCUT2D eigenvalue weighted by Gasteiger charge is -2.16. The Bertz CT molecular complexity index is 170. The van der Waals surface area contributed by atoms with Gasteiger partial charge in [-0.05, 0) is 19.8 Å². The van der Waals surface area contributed by atoms with Crippen molar-refractivity contribution >= 4 is 0 Å². The molecule has 0 radical (unpaired) electrons. The SMILES string of the molecule is CCCCCCCCC(O)C1COC(C)C1. The number of aliphatic hydroxyl groups is 1. The average Bonchev–Trinajstić information content (AvgIpc) is 2.70. The van der Waals surface area contributed by atoms with E-state index in [1.807, 2.05) is 0 Å². The topological polar surface area (TPSA) is 29.5 Å². The van der Waals surface area contributed by atoms with E-state index < -0.39 is 0 Å². The molecule has 3 unspecified atom stereocenters. The van der Waals surface area contributed by atoms with Gasteiger partial charge in [0.2, 0.25) is 0 Å². The largest absolute Gasteiger partial charge is 0.393 e. The summed E-state index contributed by atoms with van der Waals surface area (Å²) in [6, 6.07) is 0. The monoisotopic (exact) mass is 228 g/mol. The third-order valence-corrected chi connectivity index (χ3v) is 3.63. The Balaban J connectivity index is 1.96. The van der Waals surface area contributed by atoms with Crippen molar-refractivity contribution in [3.63, 3.8) is 0 Å². The van der Waals surface area contributed by atoms with Gasteiger partial charge in [-0.1, -0.05) is 45.4 Å². The third kappa shape index (κ3) is 5.31. The van der Waals surface area contributed by atoms with Crippen LogP contribution in [-0.4, -0.2) is 23.9 Å². The van der Waals surface area contributed by atoms with E-state index in [-0.39, 0.29) is 6.10 Å². The van der Waals surface area contributed by atoms with Crippen molar-refractivity contribution < 1.29 is 9.84 Å². The van der Waals surface area contributed by atoms with E-state index >= 15 is 0 Å². The minimum atomic E-state index is -0.129. The van der Waals surface area contributed by atoms with Crippen molar-refractivity contribution in [2.75, 3.05) is 6.61 Å². The minimum Gasteiger partial charge on any atom is -0.393 e. The third-order valence-electron chi connectivity index (χ3n) is 3.63. The molecule has 1 aliphatic rings. The molecule has 1 fully saturated rings. The van der Waals surface area contributed by atoms with Gasteiger partial charge in [0, 0.05) is 5.92 Å². The minimum absolute atomic E-state index is 0.129. The first-order valence-corrected chi connectivity index (χ1v) is 7.03. The molecule has 2 heteroatoms. The Morgan fingerprint density at radius 1 is 1.19 bits per heavy atom. The number of aliphatic hydroxyl groups excluding tert-OH is 1. The van der Waals surface area contributed by atoms with Crippen LogP contribution in [0.5, 0.6) is 0 Å². The summed E-state index contributed by atoms with van der Waals surface area (Å²) in [6.45, 7) is 5.10. The first kappa shape index (κ1) is 14.0. The van der Waals surface area contributed by atoms with Gasteiger partial charge in [-0.3, -0.25) is 0 Å².